The Morgan fingerprint density at radius 3 is 2.29 bits per heavy atom. The number of hydrogen-bond acceptors (Lipinski definition) is 3. The molecule has 1 aromatic carbocycles. The van der Waals surface area contributed by atoms with E-state index in [0.29, 0.717) is 5.69 Å². The van der Waals surface area contributed by atoms with Crippen LogP contribution in [0.2, 0.25) is 0 Å². The summed E-state index contributed by atoms with van der Waals surface area (Å²) in [6.45, 7) is 4.32. The number of hydrogen-bond donors (Lipinski definition) is 1. The molecule has 21 heavy (non-hydrogen) atoms. The molecule has 4 nitrogen and oxygen atoms in total. The van der Waals surface area contributed by atoms with Crippen molar-refractivity contribution in [2.75, 3.05) is 0 Å². The third-order valence-corrected chi connectivity index (χ3v) is 3.76. The topological polar surface area (TPSA) is 50.9 Å². The summed E-state index contributed by atoms with van der Waals surface area (Å²) in [5.74, 6) is 0. The molecule has 0 aliphatic heterocycles. The van der Waals surface area contributed by atoms with Crippen LogP contribution in [-0.2, 0) is 19.4 Å². The van der Waals surface area contributed by atoms with Crippen LogP contribution >= 0.6 is 0 Å². The van der Waals surface area contributed by atoms with E-state index < -0.39 is 0 Å². The molecule has 1 heterocycles. The molecule has 0 fully saturated rings. The maximum Gasteiger partial charge on any atom is 0.112 e. The SMILES string of the molecule is CCCCc1ccc(-n2nnc(CO)c2CCCC)cc1. The predicted molar refractivity (Wildman–Crippen MR) is 84.5 cm³/mol. The summed E-state index contributed by atoms with van der Waals surface area (Å²) < 4.78 is 1.87. The Morgan fingerprint density at radius 1 is 1.00 bits per heavy atom. The van der Waals surface area contributed by atoms with Crippen LogP contribution in [0, 0.1) is 0 Å². The van der Waals surface area contributed by atoms with E-state index in [4.69, 9.17) is 0 Å². The van der Waals surface area contributed by atoms with Gasteiger partial charge >= 0.3 is 0 Å². The molecule has 1 N–H and O–H groups in total. The van der Waals surface area contributed by atoms with E-state index in [2.05, 4.69) is 48.4 Å². The summed E-state index contributed by atoms with van der Waals surface area (Å²) in [6, 6.07) is 8.51. The zero-order chi connectivity index (χ0) is 15.1. The standard InChI is InChI=1S/C17H25N3O/c1-3-5-7-14-9-11-15(12-10-14)20-17(8-6-4-2)16(13-21)18-19-20/h9-12,21H,3-8,13H2,1-2H3. The Kier molecular flexibility index (Phi) is 5.93. The van der Waals surface area contributed by atoms with Crippen molar-refractivity contribution in [3.63, 3.8) is 0 Å². The molecule has 114 valence electrons. The van der Waals surface area contributed by atoms with E-state index in [1.165, 1.54) is 18.4 Å². The monoisotopic (exact) mass is 287 g/mol. The highest BCUT2D eigenvalue weighted by atomic mass is 16.3. The number of aliphatic hydroxyl groups is 1. The fraction of sp³-hybridized carbons (Fsp3) is 0.529. The molecule has 2 rings (SSSR count). The first-order valence-electron chi connectivity index (χ1n) is 7.93. The highest BCUT2D eigenvalue weighted by Gasteiger charge is 2.12. The molecule has 1 aromatic heterocycles. The Bertz CT molecular complexity index is 546. The molecule has 2 aromatic rings. The minimum atomic E-state index is -0.0480. The van der Waals surface area contributed by atoms with Gasteiger partial charge in [-0.15, -0.1) is 5.10 Å². The fourth-order valence-corrected chi connectivity index (χ4v) is 2.44. The second-order valence-corrected chi connectivity index (χ2v) is 5.43. The van der Waals surface area contributed by atoms with E-state index >= 15 is 0 Å². The zero-order valence-corrected chi connectivity index (χ0v) is 13.0. The normalized spacial score (nSPS) is 11.0. The summed E-state index contributed by atoms with van der Waals surface area (Å²) in [5, 5.41) is 17.7. The first-order valence-corrected chi connectivity index (χ1v) is 7.93. The molecular weight excluding hydrogens is 262 g/mol. The molecule has 0 amide bonds. The lowest BCUT2D eigenvalue weighted by molar-refractivity contribution is 0.275. The second kappa shape index (κ2) is 7.93. The molecule has 0 aliphatic carbocycles. The van der Waals surface area contributed by atoms with E-state index in [9.17, 15) is 5.11 Å². The molecule has 0 saturated heterocycles. The van der Waals surface area contributed by atoms with Crippen LogP contribution in [0.25, 0.3) is 5.69 Å². The van der Waals surface area contributed by atoms with Gasteiger partial charge in [0.2, 0.25) is 0 Å². The van der Waals surface area contributed by atoms with Crippen LogP contribution in [0.3, 0.4) is 0 Å². The van der Waals surface area contributed by atoms with Crippen LogP contribution in [0.1, 0.15) is 56.5 Å². The molecule has 0 bridgehead atoms. The smallest absolute Gasteiger partial charge is 0.112 e. The maximum atomic E-state index is 9.40. The van der Waals surface area contributed by atoms with E-state index in [1.807, 2.05) is 4.68 Å². The molecule has 0 aliphatic rings. The van der Waals surface area contributed by atoms with Gasteiger partial charge in [-0.3, -0.25) is 0 Å². The molecule has 0 atom stereocenters. The lowest BCUT2D eigenvalue weighted by Crippen LogP contribution is -2.04. The van der Waals surface area contributed by atoms with Crippen molar-refractivity contribution in [1.82, 2.24) is 15.0 Å². The highest BCUT2D eigenvalue weighted by Crippen LogP contribution is 2.17. The van der Waals surface area contributed by atoms with Gasteiger partial charge in [0.15, 0.2) is 0 Å². The molecule has 0 radical (unpaired) electrons. The van der Waals surface area contributed by atoms with Crippen molar-refractivity contribution in [2.45, 2.75) is 59.0 Å². The van der Waals surface area contributed by atoms with Crippen LogP contribution in [0.15, 0.2) is 24.3 Å². The minimum absolute atomic E-state index is 0.0480. The number of nitrogens with zero attached hydrogens (tertiary/aromatic N) is 3. The number of aryl methyl sites for hydroxylation is 1. The molecule has 0 saturated carbocycles. The summed E-state index contributed by atoms with van der Waals surface area (Å²) in [6.07, 6.45) is 6.65. The number of benzene rings is 1. The number of rotatable bonds is 8. The Balaban J connectivity index is 2.22. The molecular formula is C17H25N3O. The minimum Gasteiger partial charge on any atom is -0.390 e. The summed E-state index contributed by atoms with van der Waals surface area (Å²) in [4.78, 5) is 0. The van der Waals surface area contributed by atoms with Gasteiger partial charge in [0.1, 0.15) is 5.69 Å². The largest absolute Gasteiger partial charge is 0.390 e. The number of unbranched alkanes of at least 4 members (excludes halogenated alkanes) is 2. The van der Waals surface area contributed by atoms with Crippen molar-refractivity contribution in [2.24, 2.45) is 0 Å². The van der Waals surface area contributed by atoms with E-state index in [0.717, 1.165) is 37.1 Å². The first-order chi connectivity index (χ1) is 10.3. The Hall–Kier alpha value is -1.68. The molecule has 4 heteroatoms. The van der Waals surface area contributed by atoms with Gasteiger partial charge in [0.25, 0.3) is 0 Å². The third-order valence-electron chi connectivity index (χ3n) is 3.76. The number of aromatic nitrogens is 3. The van der Waals surface area contributed by atoms with Crippen molar-refractivity contribution in [3.05, 3.63) is 41.2 Å². The fourth-order valence-electron chi connectivity index (χ4n) is 2.44. The first kappa shape index (κ1) is 15.7. The van der Waals surface area contributed by atoms with Crippen LogP contribution in [0.5, 0.6) is 0 Å². The van der Waals surface area contributed by atoms with Gasteiger partial charge in [0.05, 0.1) is 18.0 Å². The highest BCUT2D eigenvalue weighted by molar-refractivity contribution is 5.36. The van der Waals surface area contributed by atoms with Gasteiger partial charge < -0.3 is 5.11 Å². The van der Waals surface area contributed by atoms with Crippen molar-refractivity contribution in [1.29, 1.82) is 0 Å². The van der Waals surface area contributed by atoms with Gasteiger partial charge in [-0.1, -0.05) is 44.0 Å². The van der Waals surface area contributed by atoms with Crippen molar-refractivity contribution < 1.29 is 5.11 Å². The third kappa shape index (κ3) is 3.91. The van der Waals surface area contributed by atoms with Gasteiger partial charge in [-0.05, 0) is 43.4 Å². The number of aliphatic hydroxyl groups excluding tert-OH is 1. The van der Waals surface area contributed by atoms with E-state index in [1.54, 1.807) is 0 Å². The average Bonchev–Trinajstić information content (AvgIpc) is 2.94. The van der Waals surface area contributed by atoms with Gasteiger partial charge in [-0.2, -0.15) is 0 Å². The van der Waals surface area contributed by atoms with Crippen LogP contribution < -0.4 is 0 Å². The predicted octanol–water partition coefficient (Wildman–Crippen LogP) is 3.44. The Morgan fingerprint density at radius 2 is 1.67 bits per heavy atom. The van der Waals surface area contributed by atoms with Crippen molar-refractivity contribution >= 4 is 0 Å². The lowest BCUT2D eigenvalue weighted by Gasteiger charge is -2.08. The molecule has 0 spiro atoms. The van der Waals surface area contributed by atoms with Gasteiger partial charge in [0, 0.05) is 0 Å². The quantitative estimate of drug-likeness (QED) is 0.809. The van der Waals surface area contributed by atoms with Crippen LogP contribution in [0.4, 0.5) is 0 Å². The van der Waals surface area contributed by atoms with Crippen LogP contribution in [-0.4, -0.2) is 20.1 Å². The van der Waals surface area contributed by atoms with E-state index in [-0.39, 0.29) is 6.61 Å². The molecule has 0 unspecified atom stereocenters. The maximum absolute atomic E-state index is 9.40. The lowest BCUT2D eigenvalue weighted by atomic mass is 10.1. The van der Waals surface area contributed by atoms with Crippen molar-refractivity contribution in [3.8, 4) is 5.69 Å². The Labute approximate surface area is 126 Å². The average molecular weight is 287 g/mol. The summed E-state index contributed by atoms with van der Waals surface area (Å²) >= 11 is 0. The zero-order valence-electron chi connectivity index (χ0n) is 13.0. The summed E-state index contributed by atoms with van der Waals surface area (Å²) in [7, 11) is 0. The summed E-state index contributed by atoms with van der Waals surface area (Å²) in [5.41, 5.74) is 4.10. The second-order valence-electron chi connectivity index (χ2n) is 5.43. The van der Waals surface area contributed by atoms with Gasteiger partial charge in [-0.25, -0.2) is 4.68 Å².